The first-order chi connectivity index (χ1) is 13.8. The highest BCUT2D eigenvalue weighted by molar-refractivity contribution is 7.90. The Labute approximate surface area is 168 Å². The van der Waals surface area contributed by atoms with Crippen molar-refractivity contribution in [3.63, 3.8) is 0 Å². The smallest absolute Gasteiger partial charge is 0.325 e. The van der Waals surface area contributed by atoms with Crippen molar-refractivity contribution >= 4 is 37.6 Å². The summed E-state index contributed by atoms with van der Waals surface area (Å²) in [4.78, 5) is 17.8. The Kier molecular flexibility index (Phi) is 4.66. The molecule has 2 aromatic heterocycles. The van der Waals surface area contributed by atoms with E-state index in [-0.39, 0.29) is 24.5 Å². The molecule has 2 aromatic carbocycles. The van der Waals surface area contributed by atoms with Crippen LogP contribution in [-0.4, -0.2) is 39.1 Å². The van der Waals surface area contributed by atoms with Gasteiger partial charge in [-0.2, -0.15) is 0 Å². The summed E-state index contributed by atoms with van der Waals surface area (Å²) in [5, 5.41) is 0. The summed E-state index contributed by atoms with van der Waals surface area (Å²) in [5.74, 6) is 0.643. The molecule has 0 saturated heterocycles. The lowest BCUT2D eigenvalue weighted by Crippen LogP contribution is -2.25. The van der Waals surface area contributed by atoms with Crippen LogP contribution in [0.1, 0.15) is 12.7 Å². The van der Waals surface area contributed by atoms with E-state index in [1.807, 2.05) is 53.1 Å². The van der Waals surface area contributed by atoms with Crippen LogP contribution in [0.15, 0.2) is 59.9 Å². The van der Waals surface area contributed by atoms with Gasteiger partial charge in [0, 0.05) is 18.5 Å². The van der Waals surface area contributed by atoms with Gasteiger partial charge in [-0.3, -0.25) is 9.13 Å². The molecule has 29 heavy (non-hydrogen) atoms. The Balaban J connectivity index is 1.88. The van der Waals surface area contributed by atoms with Gasteiger partial charge < -0.3 is 4.57 Å². The van der Waals surface area contributed by atoms with Crippen molar-refractivity contribution in [3.8, 4) is 0 Å². The molecule has 0 unspecified atom stereocenters. The lowest BCUT2D eigenvalue weighted by molar-refractivity contribution is 0.591. The molecule has 0 radical (unpaired) electrons. The van der Waals surface area contributed by atoms with Crippen LogP contribution >= 0.6 is 0 Å². The Morgan fingerprint density at radius 3 is 2.28 bits per heavy atom. The number of imidazole rings is 2. The van der Waals surface area contributed by atoms with E-state index in [0.29, 0.717) is 11.5 Å². The summed E-state index contributed by atoms with van der Waals surface area (Å²) >= 11 is 0. The molecule has 150 valence electrons. The summed E-state index contributed by atoms with van der Waals surface area (Å²) in [5.41, 5.74) is 3.62. The molecule has 7 nitrogen and oxygen atoms in total. The topological polar surface area (TPSA) is 78.9 Å². The van der Waals surface area contributed by atoms with E-state index in [9.17, 15) is 13.2 Å². The van der Waals surface area contributed by atoms with Gasteiger partial charge in [-0.15, -0.1) is 0 Å². The largest absolute Gasteiger partial charge is 0.333 e. The second kappa shape index (κ2) is 7.04. The van der Waals surface area contributed by atoms with Crippen LogP contribution in [0.4, 0.5) is 0 Å². The lowest BCUT2D eigenvalue weighted by atomic mass is 10.3. The quantitative estimate of drug-likeness (QED) is 0.490. The number of fused-ring (bicyclic) bond motifs is 2. The minimum Gasteiger partial charge on any atom is -0.325 e. The second-order valence-electron chi connectivity index (χ2n) is 7.23. The van der Waals surface area contributed by atoms with Crippen LogP contribution in [-0.2, 0) is 22.9 Å². The number of hydrogen-bond donors (Lipinski definition) is 0. The maximum absolute atomic E-state index is 13.1. The molecule has 8 heteroatoms. The van der Waals surface area contributed by atoms with Crippen molar-refractivity contribution in [2.24, 2.45) is 0 Å². The molecule has 0 aliphatic carbocycles. The number of sulfone groups is 1. The average molecular weight is 410 g/mol. The third-order valence-electron chi connectivity index (χ3n) is 4.94. The molecule has 0 spiro atoms. The molecule has 0 amide bonds. The number of nitrogens with zero attached hydrogens (tertiary/aromatic N) is 4. The third-order valence-corrected chi connectivity index (χ3v) is 5.86. The number of allylic oxidation sites excluding steroid dienone is 1. The summed E-state index contributed by atoms with van der Waals surface area (Å²) in [6.07, 6.45) is 1.22. The summed E-state index contributed by atoms with van der Waals surface area (Å²) in [6, 6.07) is 15.1. The van der Waals surface area contributed by atoms with Crippen LogP contribution in [0, 0.1) is 0 Å². The molecular formula is C21H22N4O3S. The van der Waals surface area contributed by atoms with Crippen molar-refractivity contribution in [3.05, 3.63) is 71.4 Å². The van der Waals surface area contributed by atoms with Gasteiger partial charge in [-0.25, -0.2) is 18.2 Å². The standard InChI is InChI=1S/C21H22N4O3S/c1-15(2)25-19-11-7-6-10-18(19)24(21(25)26)14-20-22-16-8-4-5-9-17(16)23(20)12-13-29(3,27)28/h4-11H,1,12-14H2,2-3H3. The average Bonchev–Trinajstić information content (AvgIpc) is 3.15. The van der Waals surface area contributed by atoms with Gasteiger partial charge in [0.2, 0.25) is 0 Å². The van der Waals surface area contributed by atoms with Crippen LogP contribution in [0.25, 0.3) is 27.8 Å². The fourth-order valence-corrected chi connectivity index (χ4v) is 4.14. The maximum atomic E-state index is 13.1. The lowest BCUT2D eigenvalue weighted by Gasteiger charge is -2.09. The van der Waals surface area contributed by atoms with Crippen molar-refractivity contribution in [2.45, 2.75) is 20.0 Å². The van der Waals surface area contributed by atoms with E-state index >= 15 is 0 Å². The van der Waals surface area contributed by atoms with Crippen LogP contribution in [0.5, 0.6) is 0 Å². The molecule has 0 N–H and O–H groups in total. The van der Waals surface area contributed by atoms with E-state index in [1.165, 1.54) is 6.26 Å². The molecule has 0 saturated carbocycles. The second-order valence-corrected chi connectivity index (χ2v) is 9.49. The van der Waals surface area contributed by atoms with Gasteiger partial charge in [-0.1, -0.05) is 30.8 Å². The van der Waals surface area contributed by atoms with Gasteiger partial charge in [0.05, 0.1) is 34.4 Å². The first-order valence-electron chi connectivity index (χ1n) is 9.24. The Morgan fingerprint density at radius 1 is 1.00 bits per heavy atom. The van der Waals surface area contributed by atoms with E-state index in [2.05, 4.69) is 11.6 Å². The monoisotopic (exact) mass is 410 g/mol. The zero-order chi connectivity index (χ0) is 20.8. The van der Waals surface area contributed by atoms with E-state index < -0.39 is 9.84 Å². The summed E-state index contributed by atoms with van der Waals surface area (Å²) in [7, 11) is -3.14. The Morgan fingerprint density at radius 2 is 1.62 bits per heavy atom. The number of aromatic nitrogens is 4. The molecule has 4 aromatic rings. The predicted octanol–water partition coefficient (Wildman–Crippen LogP) is 2.74. The van der Waals surface area contributed by atoms with E-state index in [0.717, 1.165) is 22.1 Å². The molecule has 0 atom stereocenters. The van der Waals surface area contributed by atoms with E-state index in [1.54, 1.807) is 16.1 Å². The highest BCUT2D eigenvalue weighted by Crippen LogP contribution is 2.20. The van der Waals surface area contributed by atoms with Gasteiger partial charge in [0.1, 0.15) is 15.7 Å². The Hall–Kier alpha value is -3.13. The Bertz CT molecular complexity index is 1410. The molecule has 0 aliphatic rings. The predicted molar refractivity (Wildman–Crippen MR) is 116 cm³/mol. The van der Waals surface area contributed by atoms with Gasteiger partial charge >= 0.3 is 5.69 Å². The molecule has 4 rings (SSSR count). The normalized spacial score (nSPS) is 12.1. The minimum atomic E-state index is -3.14. The number of hydrogen-bond acceptors (Lipinski definition) is 4. The molecule has 0 fully saturated rings. The molecule has 0 bridgehead atoms. The molecule has 2 heterocycles. The number of benzene rings is 2. The zero-order valence-corrected chi connectivity index (χ0v) is 17.2. The zero-order valence-electron chi connectivity index (χ0n) is 16.4. The first-order valence-corrected chi connectivity index (χ1v) is 11.3. The van der Waals surface area contributed by atoms with Gasteiger partial charge in [0.25, 0.3) is 0 Å². The highest BCUT2D eigenvalue weighted by Gasteiger charge is 2.18. The SMILES string of the molecule is C=C(C)n1c(=O)n(Cc2nc3ccccc3n2CCS(C)(=O)=O)c2ccccc21. The van der Waals surface area contributed by atoms with Crippen molar-refractivity contribution < 1.29 is 8.42 Å². The van der Waals surface area contributed by atoms with Crippen molar-refractivity contribution in [2.75, 3.05) is 12.0 Å². The number of aryl methyl sites for hydroxylation is 1. The van der Waals surface area contributed by atoms with Crippen molar-refractivity contribution in [1.29, 1.82) is 0 Å². The number of para-hydroxylation sites is 4. The van der Waals surface area contributed by atoms with Crippen LogP contribution in [0.3, 0.4) is 0 Å². The van der Waals surface area contributed by atoms with Crippen LogP contribution in [0.2, 0.25) is 0 Å². The summed E-state index contributed by atoms with van der Waals surface area (Å²) < 4.78 is 28.6. The molecule has 0 aliphatic heterocycles. The van der Waals surface area contributed by atoms with Crippen LogP contribution < -0.4 is 5.69 Å². The number of rotatable bonds is 6. The highest BCUT2D eigenvalue weighted by atomic mass is 32.2. The maximum Gasteiger partial charge on any atom is 0.333 e. The fraction of sp³-hybridized carbons (Fsp3) is 0.238. The van der Waals surface area contributed by atoms with Gasteiger partial charge in [-0.05, 0) is 31.2 Å². The van der Waals surface area contributed by atoms with Gasteiger partial charge in [0.15, 0.2) is 0 Å². The van der Waals surface area contributed by atoms with Crippen molar-refractivity contribution in [1.82, 2.24) is 18.7 Å². The summed E-state index contributed by atoms with van der Waals surface area (Å²) in [6.45, 7) is 6.23. The fourth-order valence-electron chi connectivity index (χ4n) is 3.62. The minimum absolute atomic E-state index is 0.00276. The molecular weight excluding hydrogens is 388 g/mol. The third kappa shape index (κ3) is 3.51. The van der Waals surface area contributed by atoms with E-state index in [4.69, 9.17) is 0 Å². The first kappa shape index (κ1) is 19.2.